The van der Waals surface area contributed by atoms with Gasteiger partial charge in [0.25, 0.3) is 0 Å². The maximum atomic E-state index is 12.9. The Morgan fingerprint density at radius 3 is 2.25 bits per heavy atom. The van der Waals surface area contributed by atoms with Crippen LogP contribution in [0, 0.1) is 5.82 Å². The highest BCUT2D eigenvalue weighted by Crippen LogP contribution is 2.22. The molecule has 2 atom stereocenters. The molecule has 20 heavy (non-hydrogen) atoms. The number of hydrogen-bond donors (Lipinski definition) is 1. The molecule has 1 N–H and O–H groups in total. The largest absolute Gasteiger partial charge is 0.497 e. The van der Waals surface area contributed by atoms with Crippen molar-refractivity contribution in [2.75, 3.05) is 7.11 Å². The topological polar surface area (TPSA) is 21.3 Å². The molecular formula is C17H20FNO. The maximum absolute atomic E-state index is 12.9. The summed E-state index contributed by atoms with van der Waals surface area (Å²) >= 11 is 0. The van der Waals surface area contributed by atoms with Crippen molar-refractivity contribution in [3.63, 3.8) is 0 Å². The molecule has 0 radical (unpaired) electrons. The van der Waals surface area contributed by atoms with Crippen LogP contribution in [0.4, 0.5) is 4.39 Å². The smallest absolute Gasteiger partial charge is 0.123 e. The number of halogens is 1. The first-order valence-electron chi connectivity index (χ1n) is 6.75. The van der Waals surface area contributed by atoms with Crippen LogP contribution < -0.4 is 10.1 Å². The number of benzene rings is 2. The van der Waals surface area contributed by atoms with E-state index < -0.39 is 0 Å². The van der Waals surface area contributed by atoms with Gasteiger partial charge in [-0.25, -0.2) is 4.39 Å². The molecule has 0 aliphatic carbocycles. The van der Waals surface area contributed by atoms with Crippen LogP contribution in [0.1, 0.15) is 37.1 Å². The van der Waals surface area contributed by atoms with E-state index in [4.69, 9.17) is 4.74 Å². The predicted molar refractivity (Wildman–Crippen MR) is 79.4 cm³/mol. The molecule has 0 saturated carbocycles. The molecule has 0 fully saturated rings. The van der Waals surface area contributed by atoms with E-state index in [2.05, 4.69) is 25.2 Å². The van der Waals surface area contributed by atoms with Crippen LogP contribution in [0.15, 0.2) is 48.5 Å². The second-order valence-electron chi connectivity index (χ2n) is 4.94. The number of hydrogen-bond acceptors (Lipinski definition) is 2. The molecule has 2 aromatic rings. The lowest BCUT2D eigenvalue weighted by Gasteiger charge is -2.21. The van der Waals surface area contributed by atoms with E-state index in [1.165, 1.54) is 17.7 Å². The molecule has 0 saturated heterocycles. The Hall–Kier alpha value is -1.87. The van der Waals surface area contributed by atoms with Gasteiger partial charge in [0, 0.05) is 12.1 Å². The molecule has 2 nitrogen and oxygen atoms in total. The fourth-order valence-electron chi connectivity index (χ4n) is 2.23. The van der Waals surface area contributed by atoms with E-state index in [0.717, 1.165) is 11.3 Å². The van der Waals surface area contributed by atoms with Crippen molar-refractivity contribution in [1.29, 1.82) is 0 Å². The summed E-state index contributed by atoms with van der Waals surface area (Å²) in [4.78, 5) is 0. The van der Waals surface area contributed by atoms with Crippen LogP contribution >= 0.6 is 0 Å². The van der Waals surface area contributed by atoms with E-state index in [1.807, 2.05) is 30.3 Å². The van der Waals surface area contributed by atoms with Gasteiger partial charge in [-0.1, -0.05) is 24.3 Å². The fraction of sp³-hybridized carbons (Fsp3) is 0.294. The van der Waals surface area contributed by atoms with Gasteiger partial charge < -0.3 is 10.1 Å². The van der Waals surface area contributed by atoms with Crippen LogP contribution in [0.2, 0.25) is 0 Å². The first-order chi connectivity index (χ1) is 9.60. The molecule has 106 valence electrons. The average molecular weight is 273 g/mol. The SMILES string of the molecule is COc1cccc(C(C)NC(C)c2ccc(F)cc2)c1. The van der Waals surface area contributed by atoms with Gasteiger partial charge in [-0.3, -0.25) is 0 Å². The monoisotopic (exact) mass is 273 g/mol. The van der Waals surface area contributed by atoms with Gasteiger partial charge in [0.1, 0.15) is 11.6 Å². The Bertz CT molecular complexity index is 553. The molecule has 0 bridgehead atoms. The summed E-state index contributed by atoms with van der Waals surface area (Å²) in [5.41, 5.74) is 2.24. The van der Waals surface area contributed by atoms with Crippen LogP contribution in [0.5, 0.6) is 5.75 Å². The molecule has 2 unspecified atom stereocenters. The zero-order valence-corrected chi connectivity index (χ0v) is 12.1. The highest BCUT2D eigenvalue weighted by Gasteiger charge is 2.11. The zero-order chi connectivity index (χ0) is 14.5. The lowest BCUT2D eigenvalue weighted by Crippen LogP contribution is -2.22. The predicted octanol–water partition coefficient (Wildman–Crippen LogP) is 4.25. The van der Waals surface area contributed by atoms with Crippen LogP contribution in [0.25, 0.3) is 0 Å². The van der Waals surface area contributed by atoms with Gasteiger partial charge in [-0.2, -0.15) is 0 Å². The molecule has 0 spiro atoms. The molecule has 0 aliphatic heterocycles. The minimum atomic E-state index is -0.207. The Balaban J connectivity index is 2.06. The molecule has 0 aliphatic rings. The fourth-order valence-corrected chi connectivity index (χ4v) is 2.23. The summed E-state index contributed by atoms with van der Waals surface area (Å²) in [6.45, 7) is 4.18. The first-order valence-corrected chi connectivity index (χ1v) is 6.75. The summed E-state index contributed by atoms with van der Waals surface area (Å²) in [5, 5.41) is 3.51. The molecule has 3 heteroatoms. The van der Waals surface area contributed by atoms with Gasteiger partial charge >= 0.3 is 0 Å². The minimum absolute atomic E-state index is 0.150. The third kappa shape index (κ3) is 3.58. The van der Waals surface area contributed by atoms with E-state index >= 15 is 0 Å². The quantitative estimate of drug-likeness (QED) is 0.879. The summed E-state index contributed by atoms with van der Waals surface area (Å²) < 4.78 is 18.2. The highest BCUT2D eigenvalue weighted by molar-refractivity contribution is 5.30. The van der Waals surface area contributed by atoms with Gasteiger partial charge in [-0.05, 0) is 49.2 Å². The molecule has 0 heterocycles. The van der Waals surface area contributed by atoms with Crippen molar-refractivity contribution >= 4 is 0 Å². The number of nitrogens with one attached hydrogen (secondary N) is 1. The Morgan fingerprint density at radius 1 is 0.950 bits per heavy atom. The van der Waals surface area contributed by atoms with Gasteiger partial charge in [-0.15, -0.1) is 0 Å². The normalized spacial score (nSPS) is 13.8. The standard InChI is InChI=1S/C17H20FNO/c1-12(14-7-9-16(18)10-8-14)19-13(2)15-5-4-6-17(11-15)20-3/h4-13,19H,1-3H3. The second kappa shape index (κ2) is 6.53. The van der Waals surface area contributed by atoms with Crippen molar-refractivity contribution in [1.82, 2.24) is 5.32 Å². The molecule has 0 aromatic heterocycles. The summed E-state index contributed by atoms with van der Waals surface area (Å²) in [7, 11) is 1.67. The van der Waals surface area contributed by atoms with Crippen molar-refractivity contribution < 1.29 is 9.13 Å². The number of rotatable bonds is 5. The Morgan fingerprint density at radius 2 is 1.60 bits per heavy atom. The number of methoxy groups -OCH3 is 1. The Kier molecular flexibility index (Phi) is 4.74. The maximum Gasteiger partial charge on any atom is 0.123 e. The molecule has 0 amide bonds. The van der Waals surface area contributed by atoms with Crippen LogP contribution in [-0.2, 0) is 0 Å². The minimum Gasteiger partial charge on any atom is -0.497 e. The molecule has 2 aromatic carbocycles. The van der Waals surface area contributed by atoms with Crippen molar-refractivity contribution in [2.24, 2.45) is 0 Å². The molecular weight excluding hydrogens is 253 g/mol. The second-order valence-corrected chi connectivity index (χ2v) is 4.94. The van der Waals surface area contributed by atoms with E-state index in [0.29, 0.717) is 0 Å². The molecule has 2 rings (SSSR count). The number of ether oxygens (including phenoxy) is 1. The van der Waals surface area contributed by atoms with Gasteiger partial charge in [0.15, 0.2) is 0 Å². The van der Waals surface area contributed by atoms with E-state index in [-0.39, 0.29) is 17.9 Å². The zero-order valence-electron chi connectivity index (χ0n) is 12.1. The van der Waals surface area contributed by atoms with Gasteiger partial charge in [0.2, 0.25) is 0 Å². The highest BCUT2D eigenvalue weighted by atomic mass is 19.1. The average Bonchev–Trinajstić information content (AvgIpc) is 2.47. The summed E-state index contributed by atoms with van der Waals surface area (Å²) in [6, 6.07) is 14.9. The third-order valence-electron chi connectivity index (χ3n) is 3.46. The van der Waals surface area contributed by atoms with Crippen molar-refractivity contribution in [2.45, 2.75) is 25.9 Å². The van der Waals surface area contributed by atoms with E-state index in [1.54, 1.807) is 7.11 Å². The lowest BCUT2D eigenvalue weighted by atomic mass is 10.0. The summed E-state index contributed by atoms with van der Waals surface area (Å²) in [5.74, 6) is 0.646. The van der Waals surface area contributed by atoms with Crippen LogP contribution in [-0.4, -0.2) is 7.11 Å². The van der Waals surface area contributed by atoms with Gasteiger partial charge in [0.05, 0.1) is 7.11 Å². The summed E-state index contributed by atoms with van der Waals surface area (Å²) in [6.07, 6.45) is 0. The first kappa shape index (κ1) is 14.5. The Labute approximate surface area is 119 Å². The van der Waals surface area contributed by atoms with Crippen LogP contribution in [0.3, 0.4) is 0 Å². The van der Waals surface area contributed by atoms with Crippen molar-refractivity contribution in [3.05, 3.63) is 65.5 Å². The lowest BCUT2D eigenvalue weighted by molar-refractivity contribution is 0.412. The third-order valence-corrected chi connectivity index (χ3v) is 3.46. The van der Waals surface area contributed by atoms with E-state index in [9.17, 15) is 4.39 Å². The van der Waals surface area contributed by atoms with Crippen molar-refractivity contribution in [3.8, 4) is 5.75 Å².